The van der Waals surface area contributed by atoms with Crippen LogP contribution in [0.5, 0.6) is 0 Å². The van der Waals surface area contributed by atoms with Crippen LogP contribution in [-0.2, 0) is 14.3 Å². The molecule has 20 heavy (non-hydrogen) atoms. The monoisotopic (exact) mass is 283 g/mol. The summed E-state index contributed by atoms with van der Waals surface area (Å²) in [6.45, 7) is 5.94. The molecule has 2 fully saturated rings. The summed E-state index contributed by atoms with van der Waals surface area (Å²) >= 11 is 0. The number of hydrogen-bond acceptors (Lipinski definition) is 4. The largest absolute Gasteiger partial charge is 0.379 e. The van der Waals surface area contributed by atoms with Gasteiger partial charge in [0.05, 0.1) is 6.61 Å². The van der Waals surface area contributed by atoms with Gasteiger partial charge in [-0.25, -0.2) is 0 Å². The van der Waals surface area contributed by atoms with Crippen LogP contribution in [0.4, 0.5) is 0 Å². The second-order valence-corrected chi connectivity index (χ2v) is 6.19. The van der Waals surface area contributed by atoms with Gasteiger partial charge in [0.15, 0.2) is 0 Å². The van der Waals surface area contributed by atoms with Gasteiger partial charge in [0.2, 0.25) is 11.8 Å². The van der Waals surface area contributed by atoms with E-state index in [0.29, 0.717) is 32.7 Å². The van der Waals surface area contributed by atoms with Crippen LogP contribution in [0.15, 0.2) is 0 Å². The smallest absolute Gasteiger partial charge is 0.245 e. The molecule has 0 aromatic rings. The molecular weight excluding hydrogens is 258 g/mol. The lowest BCUT2D eigenvalue weighted by Crippen LogP contribution is -2.58. The summed E-state index contributed by atoms with van der Waals surface area (Å²) in [7, 11) is 0. The minimum absolute atomic E-state index is 0.00221. The number of nitrogens with two attached hydrogens (primary N) is 1. The molecule has 6 nitrogen and oxygen atoms in total. The highest BCUT2D eigenvalue weighted by molar-refractivity contribution is 5.86. The maximum absolute atomic E-state index is 12.4. The molecule has 6 heteroatoms. The summed E-state index contributed by atoms with van der Waals surface area (Å²) in [6.07, 6.45) is 2.18. The number of piperidine rings is 1. The summed E-state index contributed by atoms with van der Waals surface area (Å²) in [4.78, 5) is 25.9. The van der Waals surface area contributed by atoms with Gasteiger partial charge in [-0.05, 0) is 19.3 Å². The van der Waals surface area contributed by atoms with Crippen LogP contribution in [0, 0.1) is 5.92 Å². The molecule has 1 atom stereocenters. The maximum atomic E-state index is 12.4. The molecule has 0 aliphatic carbocycles. The average Bonchev–Trinajstić information content (AvgIpc) is 2.87. The molecule has 2 heterocycles. The fourth-order valence-electron chi connectivity index (χ4n) is 2.66. The minimum atomic E-state index is -0.839. The third-order valence-corrected chi connectivity index (χ3v) is 4.13. The molecule has 2 aliphatic heterocycles. The molecule has 0 aromatic carbocycles. The third-order valence-electron chi connectivity index (χ3n) is 4.13. The number of rotatable bonds is 3. The predicted molar refractivity (Wildman–Crippen MR) is 74.9 cm³/mol. The minimum Gasteiger partial charge on any atom is -0.379 e. The van der Waals surface area contributed by atoms with Crippen LogP contribution in [0.1, 0.15) is 33.1 Å². The van der Waals surface area contributed by atoms with Crippen LogP contribution >= 0.6 is 0 Å². The SMILES string of the molecule is CC(C)C(=O)NC1CCN(C(=O)C2(N)CCOC2)CC1. The van der Waals surface area contributed by atoms with Gasteiger partial charge >= 0.3 is 0 Å². The Labute approximate surface area is 120 Å². The van der Waals surface area contributed by atoms with E-state index in [4.69, 9.17) is 10.5 Å². The van der Waals surface area contributed by atoms with Gasteiger partial charge in [-0.15, -0.1) is 0 Å². The summed E-state index contributed by atoms with van der Waals surface area (Å²) < 4.78 is 5.24. The number of carbonyl (C=O) groups is 2. The average molecular weight is 283 g/mol. The van der Waals surface area contributed by atoms with E-state index >= 15 is 0 Å². The molecule has 2 saturated heterocycles. The molecule has 0 aromatic heterocycles. The lowest BCUT2D eigenvalue weighted by atomic mass is 9.95. The highest BCUT2D eigenvalue weighted by atomic mass is 16.5. The standard InChI is InChI=1S/C14H25N3O3/c1-10(2)12(18)16-11-3-6-17(7-4-11)13(19)14(15)5-8-20-9-14/h10-11H,3-9,15H2,1-2H3,(H,16,18). The molecule has 1 unspecified atom stereocenters. The zero-order chi connectivity index (χ0) is 14.8. The van der Waals surface area contributed by atoms with Crippen molar-refractivity contribution in [1.82, 2.24) is 10.2 Å². The Balaban J connectivity index is 1.82. The van der Waals surface area contributed by atoms with Crippen molar-refractivity contribution >= 4 is 11.8 Å². The molecule has 0 saturated carbocycles. The van der Waals surface area contributed by atoms with E-state index in [1.807, 2.05) is 18.7 Å². The van der Waals surface area contributed by atoms with E-state index in [1.165, 1.54) is 0 Å². The van der Waals surface area contributed by atoms with E-state index in [2.05, 4.69) is 5.32 Å². The van der Waals surface area contributed by atoms with E-state index in [1.54, 1.807) is 0 Å². The number of nitrogens with zero attached hydrogens (tertiary/aromatic N) is 1. The number of likely N-dealkylation sites (tertiary alicyclic amines) is 1. The van der Waals surface area contributed by atoms with Crippen molar-refractivity contribution in [1.29, 1.82) is 0 Å². The molecule has 2 rings (SSSR count). The van der Waals surface area contributed by atoms with Crippen molar-refractivity contribution in [3.05, 3.63) is 0 Å². The summed E-state index contributed by atoms with van der Waals surface area (Å²) in [6, 6.07) is 0.169. The lowest BCUT2D eigenvalue weighted by molar-refractivity contribution is -0.138. The maximum Gasteiger partial charge on any atom is 0.245 e. The number of hydrogen-bond donors (Lipinski definition) is 2. The molecule has 114 valence electrons. The topological polar surface area (TPSA) is 84.7 Å². The Morgan fingerprint density at radius 2 is 2.00 bits per heavy atom. The fraction of sp³-hybridized carbons (Fsp3) is 0.857. The Morgan fingerprint density at radius 3 is 2.50 bits per heavy atom. The van der Waals surface area contributed by atoms with Crippen molar-refractivity contribution < 1.29 is 14.3 Å². The van der Waals surface area contributed by atoms with E-state index in [-0.39, 0.29) is 23.8 Å². The van der Waals surface area contributed by atoms with Crippen LogP contribution in [0.25, 0.3) is 0 Å². The van der Waals surface area contributed by atoms with Crippen molar-refractivity contribution in [2.45, 2.75) is 44.7 Å². The van der Waals surface area contributed by atoms with Crippen LogP contribution in [-0.4, -0.2) is 54.6 Å². The number of amides is 2. The molecule has 0 radical (unpaired) electrons. The van der Waals surface area contributed by atoms with Gasteiger partial charge in [0.1, 0.15) is 5.54 Å². The first kappa shape index (κ1) is 15.3. The highest BCUT2D eigenvalue weighted by Crippen LogP contribution is 2.21. The second-order valence-electron chi connectivity index (χ2n) is 6.19. The highest BCUT2D eigenvalue weighted by Gasteiger charge is 2.41. The van der Waals surface area contributed by atoms with Crippen molar-refractivity contribution in [2.75, 3.05) is 26.3 Å². The van der Waals surface area contributed by atoms with Crippen molar-refractivity contribution in [3.8, 4) is 0 Å². The molecule has 3 N–H and O–H groups in total. The zero-order valence-electron chi connectivity index (χ0n) is 12.4. The molecule has 2 amide bonds. The summed E-state index contributed by atoms with van der Waals surface area (Å²) in [5.41, 5.74) is 5.26. The summed E-state index contributed by atoms with van der Waals surface area (Å²) in [5, 5.41) is 3.02. The van der Waals surface area contributed by atoms with Gasteiger partial charge in [-0.2, -0.15) is 0 Å². The van der Waals surface area contributed by atoms with Gasteiger partial charge < -0.3 is 20.7 Å². The van der Waals surface area contributed by atoms with Gasteiger partial charge in [-0.1, -0.05) is 13.8 Å². The molecule has 0 spiro atoms. The summed E-state index contributed by atoms with van der Waals surface area (Å²) in [5.74, 6) is 0.0653. The van der Waals surface area contributed by atoms with E-state index in [9.17, 15) is 9.59 Å². The normalized spacial score (nSPS) is 27.9. The first-order valence-corrected chi connectivity index (χ1v) is 7.39. The van der Waals surface area contributed by atoms with Crippen LogP contribution < -0.4 is 11.1 Å². The van der Waals surface area contributed by atoms with Gasteiger partial charge in [0, 0.05) is 31.7 Å². The Bertz CT molecular complexity index is 370. The van der Waals surface area contributed by atoms with Crippen LogP contribution in [0.2, 0.25) is 0 Å². The van der Waals surface area contributed by atoms with Crippen molar-refractivity contribution in [3.63, 3.8) is 0 Å². The Morgan fingerprint density at radius 1 is 1.35 bits per heavy atom. The van der Waals surface area contributed by atoms with Crippen LogP contribution in [0.3, 0.4) is 0 Å². The first-order chi connectivity index (χ1) is 9.42. The van der Waals surface area contributed by atoms with Gasteiger partial charge in [0.25, 0.3) is 0 Å². The number of carbonyl (C=O) groups excluding carboxylic acids is 2. The number of nitrogens with one attached hydrogen (secondary N) is 1. The first-order valence-electron chi connectivity index (χ1n) is 7.39. The second kappa shape index (κ2) is 6.10. The van der Waals surface area contributed by atoms with E-state index in [0.717, 1.165) is 12.8 Å². The number of ether oxygens (including phenoxy) is 1. The Kier molecular flexibility index (Phi) is 4.65. The quantitative estimate of drug-likeness (QED) is 0.755. The lowest BCUT2D eigenvalue weighted by Gasteiger charge is -2.36. The Hall–Kier alpha value is -1.14. The van der Waals surface area contributed by atoms with Crippen molar-refractivity contribution in [2.24, 2.45) is 11.7 Å². The van der Waals surface area contributed by atoms with Gasteiger partial charge in [-0.3, -0.25) is 9.59 Å². The fourth-order valence-corrected chi connectivity index (χ4v) is 2.66. The third kappa shape index (κ3) is 3.30. The molecule has 0 bridgehead atoms. The predicted octanol–water partition coefficient (Wildman–Crippen LogP) is -0.133. The molecular formula is C14H25N3O3. The zero-order valence-corrected chi connectivity index (χ0v) is 12.4. The van der Waals surface area contributed by atoms with E-state index < -0.39 is 5.54 Å². The molecule has 2 aliphatic rings.